The predicted molar refractivity (Wildman–Crippen MR) is 130 cm³/mol. The van der Waals surface area contributed by atoms with Crippen molar-refractivity contribution < 1.29 is 18.7 Å². The molecule has 0 amide bonds. The van der Waals surface area contributed by atoms with Crippen molar-refractivity contribution in [3.8, 4) is 11.5 Å². The van der Waals surface area contributed by atoms with Crippen LogP contribution in [0.25, 0.3) is 0 Å². The van der Waals surface area contributed by atoms with E-state index in [0.717, 1.165) is 17.7 Å². The topological polar surface area (TPSA) is 38.8 Å². The van der Waals surface area contributed by atoms with Crippen molar-refractivity contribution in [2.45, 2.75) is 58.2 Å². The normalized spacial score (nSPS) is 16.3. The summed E-state index contributed by atoms with van der Waals surface area (Å²) in [6, 6.07) is 19.2. The van der Waals surface area contributed by atoms with E-state index < -0.39 is 5.97 Å². The minimum absolute atomic E-state index is 0.185. The molecule has 5 heteroatoms. The molecule has 0 unspecified atom stereocenters. The second-order valence-electron chi connectivity index (χ2n) is 9.24. The zero-order valence-electron chi connectivity index (χ0n) is 19.6. The van der Waals surface area contributed by atoms with Gasteiger partial charge in [0.2, 0.25) is 0 Å². The number of carbonyl (C=O) groups is 1. The summed E-state index contributed by atoms with van der Waals surface area (Å²) in [5.41, 5.74) is 2.92. The van der Waals surface area contributed by atoms with E-state index in [-0.39, 0.29) is 16.9 Å². The molecule has 3 aromatic carbocycles. The Bertz CT molecular complexity index is 1160. The van der Waals surface area contributed by atoms with Gasteiger partial charge in [0, 0.05) is 30.3 Å². The highest BCUT2D eigenvalue weighted by Gasteiger charge is 2.34. The fourth-order valence-electron chi connectivity index (χ4n) is 5.25. The van der Waals surface area contributed by atoms with Crippen molar-refractivity contribution in [1.82, 2.24) is 4.90 Å². The molecule has 1 saturated carbocycles. The Morgan fingerprint density at radius 1 is 1.00 bits per heavy atom. The van der Waals surface area contributed by atoms with Gasteiger partial charge < -0.3 is 9.47 Å². The maximum absolute atomic E-state index is 15.6. The summed E-state index contributed by atoms with van der Waals surface area (Å²) < 4.78 is 27.6. The van der Waals surface area contributed by atoms with Gasteiger partial charge in [-0.05, 0) is 49.4 Å². The van der Waals surface area contributed by atoms with Crippen LogP contribution in [0.4, 0.5) is 4.39 Å². The second-order valence-corrected chi connectivity index (χ2v) is 9.24. The van der Waals surface area contributed by atoms with E-state index in [1.165, 1.54) is 25.7 Å². The zero-order chi connectivity index (χ0) is 23.5. The molecule has 3 aromatic rings. The van der Waals surface area contributed by atoms with Gasteiger partial charge in [-0.2, -0.15) is 0 Å². The summed E-state index contributed by atoms with van der Waals surface area (Å²) in [5.74, 6) is -0.0207. The number of esters is 1. The minimum atomic E-state index is -0.591. The first kappa shape index (κ1) is 22.6. The molecule has 5 rings (SSSR count). The van der Waals surface area contributed by atoms with Gasteiger partial charge in [-0.15, -0.1) is 0 Å². The molecule has 0 atom stereocenters. The highest BCUT2D eigenvalue weighted by atomic mass is 19.1. The largest absolute Gasteiger partial charge is 0.488 e. The summed E-state index contributed by atoms with van der Waals surface area (Å²) in [4.78, 5) is 15.8. The van der Waals surface area contributed by atoms with Crippen molar-refractivity contribution in [1.29, 1.82) is 0 Å². The molecular formula is C29H30FNO3. The molecule has 0 N–H and O–H groups in total. The lowest BCUT2D eigenvalue weighted by atomic mass is 9.90. The maximum Gasteiger partial charge on any atom is 0.347 e. The molecular weight excluding hydrogens is 429 g/mol. The van der Waals surface area contributed by atoms with Crippen LogP contribution in [0.2, 0.25) is 0 Å². The number of rotatable bonds is 6. The molecule has 0 saturated heterocycles. The fraction of sp³-hybridized carbons (Fsp3) is 0.345. The highest BCUT2D eigenvalue weighted by molar-refractivity contribution is 5.96. The molecule has 0 bridgehead atoms. The van der Waals surface area contributed by atoms with Crippen LogP contribution in [0.3, 0.4) is 0 Å². The van der Waals surface area contributed by atoms with Crippen LogP contribution in [0.15, 0.2) is 60.7 Å². The van der Waals surface area contributed by atoms with Crippen LogP contribution in [0.1, 0.15) is 58.3 Å². The first-order valence-corrected chi connectivity index (χ1v) is 12.1. The minimum Gasteiger partial charge on any atom is -0.488 e. The smallest absolute Gasteiger partial charge is 0.347 e. The molecule has 176 valence electrons. The summed E-state index contributed by atoms with van der Waals surface area (Å²) >= 11 is 0. The summed E-state index contributed by atoms with van der Waals surface area (Å²) in [7, 11) is 0. The molecule has 0 radical (unpaired) electrons. The van der Waals surface area contributed by atoms with Gasteiger partial charge >= 0.3 is 5.97 Å². The number of benzene rings is 3. The molecule has 1 fully saturated rings. The van der Waals surface area contributed by atoms with Crippen LogP contribution in [-0.2, 0) is 19.6 Å². The lowest BCUT2D eigenvalue weighted by molar-refractivity contribution is 0.0727. The van der Waals surface area contributed by atoms with Crippen LogP contribution >= 0.6 is 0 Å². The highest BCUT2D eigenvalue weighted by Crippen LogP contribution is 2.39. The summed E-state index contributed by atoms with van der Waals surface area (Å²) in [6.07, 6.45) is 5.44. The van der Waals surface area contributed by atoms with Crippen molar-refractivity contribution >= 4 is 5.97 Å². The number of nitrogens with zero attached hydrogens (tertiary/aromatic N) is 1. The number of hydrogen-bond donors (Lipinski definition) is 0. The van der Waals surface area contributed by atoms with Crippen LogP contribution in [0.5, 0.6) is 11.5 Å². The Morgan fingerprint density at radius 3 is 2.38 bits per heavy atom. The average Bonchev–Trinajstić information content (AvgIpc) is 3.41. The SMILES string of the molecule is Cc1c(F)c2c(c(OCc3ccccc3)c1C(=O)Oc1ccccc1)CN(C1CCCC1)CC2. The van der Waals surface area contributed by atoms with Gasteiger partial charge in [0.1, 0.15) is 29.5 Å². The average molecular weight is 460 g/mol. The van der Waals surface area contributed by atoms with Crippen LogP contribution < -0.4 is 9.47 Å². The number of fused-ring (bicyclic) bond motifs is 1. The number of carbonyl (C=O) groups excluding carboxylic acids is 1. The Balaban J connectivity index is 1.55. The Morgan fingerprint density at radius 2 is 1.68 bits per heavy atom. The molecule has 4 nitrogen and oxygen atoms in total. The Hall–Kier alpha value is -3.18. The number of halogens is 1. The Kier molecular flexibility index (Phi) is 6.63. The Labute approximate surface area is 200 Å². The monoisotopic (exact) mass is 459 g/mol. The number of para-hydroxylation sites is 1. The van der Waals surface area contributed by atoms with Gasteiger partial charge in [-0.3, -0.25) is 4.90 Å². The van der Waals surface area contributed by atoms with Crippen molar-refractivity contribution in [3.05, 3.63) is 94.3 Å². The van der Waals surface area contributed by atoms with Gasteiger partial charge in [0.05, 0.1) is 0 Å². The summed E-state index contributed by atoms with van der Waals surface area (Å²) in [6.45, 7) is 3.37. The molecule has 0 spiro atoms. The summed E-state index contributed by atoms with van der Waals surface area (Å²) in [5, 5.41) is 0. The lowest BCUT2D eigenvalue weighted by Crippen LogP contribution is -2.38. The second kappa shape index (κ2) is 9.98. The van der Waals surface area contributed by atoms with E-state index in [1.54, 1.807) is 31.2 Å². The molecule has 1 aliphatic heterocycles. The molecule has 34 heavy (non-hydrogen) atoms. The number of hydrogen-bond acceptors (Lipinski definition) is 4. The first-order chi connectivity index (χ1) is 16.6. The van der Waals surface area contributed by atoms with E-state index in [0.29, 0.717) is 42.7 Å². The van der Waals surface area contributed by atoms with E-state index >= 15 is 4.39 Å². The molecule has 1 heterocycles. The van der Waals surface area contributed by atoms with E-state index in [1.807, 2.05) is 36.4 Å². The molecule has 0 aromatic heterocycles. The van der Waals surface area contributed by atoms with E-state index in [9.17, 15) is 4.79 Å². The van der Waals surface area contributed by atoms with Crippen molar-refractivity contribution in [3.63, 3.8) is 0 Å². The van der Waals surface area contributed by atoms with E-state index in [4.69, 9.17) is 9.47 Å². The standard InChI is InChI=1S/C29H30FNO3/c1-20-26(29(32)34-23-14-6-3-7-15-23)28(33-19-21-10-4-2-5-11-21)25-18-31(22-12-8-9-13-22)17-16-24(25)27(20)30/h2-7,10-11,14-15,22H,8-9,12-13,16-19H2,1H3. The van der Waals surface area contributed by atoms with Gasteiger partial charge in [0.25, 0.3) is 0 Å². The number of ether oxygens (including phenoxy) is 2. The fourth-order valence-corrected chi connectivity index (χ4v) is 5.25. The third-order valence-corrected chi connectivity index (χ3v) is 7.07. The van der Waals surface area contributed by atoms with Gasteiger partial charge in [-0.25, -0.2) is 9.18 Å². The maximum atomic E-state index is 15.6. The lowest BCUT2D eigenvalue weighted by Gasteiger charge is -2.35. The molecule has 2 aliphatic rings. The third kappa shape index (κ3) is 4.58. The zero-order valence-corrected chi connectivity index (χ0v) is 19.6. The van der Waals surface area contributed by atoms with Crippen molar-refractivity contribution in [2.24, 2.45) is 0 Å². The van der Waals surface area contributed by atoms with E-state index in [2.05, 4.69) is 4.90 Å². The van der Waals surface area contributed by atoms with Crippen LogP contribution in [0, 0.1) is 12.7 Å². The molecule has 1 aliphatic carbocycles. The van der Waals surface area contributed by atoms with Gasteiger partial charge in [0.15, 0.2) is 0 Å². The predicted octanol–water partition coefficient (Wildman–Crippen LogP) is 6.23. The van der Waals surface area contributed by atoms with Crippen molar-refractivity contribution in [2.75, 3.05) is 6.54 Å². The third-order valence-electron chi connectivity index (χ3n) is 7.07. The first-order valence-electron chi connectivity index (χ1n) is 12.1. The quantitative estimate of drug-likeness (QED) is 0.323. The van der Waals surface area contributed by atoms with Gasteiger partial charge in [-0.1, -0.05) is 61.4 Å². The van der Waals surface area contributed by atoms with Crippen LogP contribution in [-0.4, -0.2) is 23.5 Å².